The molecule has 0 bridgehead atoms. The molecule has 9 heavy (non-hydrogen) atoms. The lowest BCUT2D eigenvalue weighted by molar-refractivity contribution is 0.480. The van der Waals surface area contributed by atoms with Gasteiger partial charge in [-0.2, -0.15) is 0 Å². The van der Waals surface area contributed by atoms with Crippen molar-refractivity contribution in [3.8, 4) is 0 Å². The van der Waals surface area contributed by atoms with Gasteiger partial charge >= 0.3 is 0 Å². The monoisotopic (exact) mass is 124 g/mol. The van der Waals surface area contributed by atoms with Crippen molar-refractivity contribution in [2.24, 2.45) is 11.3 Å². The quantitative estimate of drug-likeness (QED) is 0.496. The molecule has 0 aliphatic heterocycles. The summed E-state index contributed by atoms with van der Waals surface area (Å²) in [6.07, 6.45) is 2.62. The van der Waals surface area contributed by atoms with E-state index in [1.807, 2.05) is 0 Å². The Bertz CT molecular complexity index is 135. The predicted octanol–water partition coefficient (Wildman–Crippen LogP) is 3.00. The highest BCUT2D eigenvalue weighted by Crippen LogP contribution is 2.59. The summed E-state index contributed by atoms with van der Waals surface area (Å²) in [5.74, 6) is 0.789. The first-order chi connectivity index (χ1) is 4.13. The predicted molar refractivity (Wildman–Crippen MR) is 41.3 cm³/mol. The second-order valence-electron chi connectivity index (χ2n) is 3.41. The first-order valence-electron chi connectivity index (χ1n) is 3.82. The highest BCUT2D eigenvalue weighted by atomic mass is 14.5. The van der Waals surface area contributed by atoms with Crippen molar-refractivity contribution >= 4 is 0 Å². The maximum Gasteiger partial charge on any atom is -0.00533 e. The van der Waals surface area contributed by atoms with Gasteiger partial charge in [0.2, 0.25) is 0 Å². The summed E-state index contributed by atoms with van der Waals surface area (Å²) >= 11 is 0. The summed E-state index contributed by atoms with van der Waals surface area (Å²) in [4.78, 5) is 0. The van der Waals surface area contributed by atoms with Crippen LogP contribution in [-0.4, -0.2) is 0 Å². The summed E-state index contributed by atoms with van der Waals surface area (Å²) in [6.45, 7) is 10.9. The molecule has 1 rings (SSSR count). The molecule has 2 unspecified atom stereocenters. The summed E-state index contributed by atoms with van der Waals surface area (Å²) in [7, 11) is 0. The van der Waals surface area contributed by atoms with Gasteiger partial charge in [-0.15, -0.1) is 0 Å². The fraction of sp³-hybridized carbons (Fsp3) is 0.778. The van der Waals surface area contributed by atoms with E-state index in [0.29, 0.717) is 5.41 Å². The third kappa shape index (κ3) is 0.810. The van der Waals surface area contributed by atoms with E-state index in [1.165, 1.54) is 18.4 Å². The fourth-order valence-electron chi connectivity index (χ4n) is 1.68. The van der Waals surface area contributed by atoms with Crippen molar-refractivity contribution in [1.82, 2.24) is 0 Å². The van der Waals surface area contributed by atoms with Crippen molar-refractivity contribution < 1.29 is 0 Å². The molecule has 0 heteroatoms. The van der Waals surface area contributed by atoms with Crippen molar-refractivity contribution in [2.75, 3.05) is 0 Å². The standard InChI is InChI=1S/C9H16/c1-5-6-9(4)7(2)8(9)3/h8H,2,5-6H2,1,3-4H3. The maximum atomic E-state index is 4.02. The SMILES string of the molecule is C=C1C(C)C1(C)CCC. The van der Waals surface area contributed by atoms with Gasteiger partial charge in [-0.25, -0.2) is 0 Å². The van der Waals surface area contributed by atoms with Gasteiger partial charge in [-0.05, 0) is 17.8 Å². The average molecular weight is 124 g/mol. The van der Waals surface area contributed by atoms with Crippen LogP contribution in [0.5, 0.6) is 0 Å². The van der Waals surface area contributed by atoms with Crippen molar-refractivity contribution in [1.29, 1.82) is 0 Å². The average Bonchev–Trinajstić information content (AvgIpc) is 2.22. The van der Waals surface area contributed by atoms with Gasteiger partial charge in [0.1, 0.15) is 0 Å². The molecule has 2 atom stereocenters. The summed E-state index contributed by atoms with van der Waals surface area (Å²) in [6, 6.07) is 0. The third-order valence-corrected chi connectivity index (χ3v) is 2.90. The molecule has 1 fully saturated rings. The second-order valence-corrected chi connectivity index (χ2v) is 3.41. The first-order valence-corrected chi connectivity index (χ1v) is 3.82. The Morgan fingerprint density at radius 1 is 1.67 bits per heavy atom. The zero-order valence-electron chi connectivity index (χ0n) is 6.70. The van der Waals surface area contributed by atoms with Crippen molar-refractivity contribution in [2.45, 2.75) is 33.6 Å². The van der Waals surface area contributed by atoms with Crippen LogP contribution in [0, 0.1) is 11.3 Å². The Hall–Kier alpha value is -0.260. The minimum atomic E-state index is 0.523. The molecular weight excluding hydrogens is 108 g/mol. The lowest BCUT2D eigenvalue weighted by atomic mass is 10.0. The van der Waals surface area contributed by atoms with Gasteiger partial charge in [0.15, 0.2) is 0 Å². The van der Waals surface area contributed by atoms with Gasteiger partial charge in [0.25, 0.3) is 0 Å². The van der Waals surface area contributed by atoms with E-state index in [4.69, 9.17) is 0 Å². The third-order valence-electron chi connectivity index (χ3n) is 2.90. The molecule has 0 aromatic rings. The van der Waals surface area contributed by atoms with Gasteiger partial charge in [0, 0.05) is 0 Å². The second kappa shape index (κ2) is 1.86. The molecule has 1 aliphatic rings. The van der Waals surface area contributed by atoms with E-state index < -0.39 is 0 Å². The van der Waals surface area contributed by atoms with E-state index in [2.05, 4.69) is 27.4 Å². The van der Waals surface area contributed by atoms with Crippen molar-refractivity contribution in [3.05, 3.63) is 12.2 Å². The molecule has 0 aromatic heterocycles. The molecule has 0 N–H and O–H groups in total. The summed E-state index contributed by atoms with van der Waals surface area (Å²) in [5, 5.41) is 0. The van der Waals surface area contributed by atoms with E-state index in [9.17, 15) is 0 Å². The molecule has 0 nitrogen and oxygen atoms in total. The first kappa shape index (κ1) is 6.85. The molecular formula is C9H16. The van der Waals surface area contributed by atoms with E-state index >= 15 is 0 Å². The smallest absolute Gasteiger partial charge is 0.00533 e. The molecule has 52 valence electrons. The lowest BCUT2D eigenvalue weighted by Gasteiger charge is -2.04. The molecule has 0 saturated heterocycles. The van der Waals surface area contributed by atoms with Crippen LogP contribution in [0.2, 0.25) is 0 Å². The Morgan fingerprint density at radius 3 is 2.22 bits per heavy atom. The Morgan fingerprint density at radius 2 is 2.11 bits per heavy atom. The summed E-state index contributed by atoms with van der Waals surface area (Å²) in [5.41, 5.74) is 1.98. The Balaban J connectivity index is 2.49. The highest BCUT2D eigenvalue weighted by molar-refractivity contribution is 5.32. The maximum absolute atomic E-state index is 4.02. The van der Waals surface area contributed by atoms with Crippen LogP contribution >= 0.6 is 0 Å². The minimum Gasteiger partial charge on any atom is -0.0990 e. The summed E-state index contributed by atoms with van der Waals surface area (Å²) < 4.78 is 0. The van der Waals surface area contributed by atoms with Gasteiger partial charge in [-0.1, -0.05) is 39.3 Å². The molecule has 0 aromatic carbocycles. The zero-order chi connectivity index (χ0) is 7.07. The molecule has 1 aliphatic carbocycles. The number of hydrogen-bond acceptors (Lipinski definition) is 0. The van der Waals surface area contributed by atoms with E-state index in [0.717, 1.165) is 5.92 Å². The topological polar surface area (TPSA) is 0 Å². The van der Waals surface area contributed by atoms with Gasteiger partial charge < -0.3 is 0 Å². The van der Waals surface area contributed by atoms with Gasteiger partial charge in [0.05, 0.1) is 0 Å². The number of hydrogen-bond donors (Lipinski definition) is 0. The molecule has 0 amide bonds. The van der Waals surface area contributed by atoms with Crippen LogP contribution in [0.3, 0.4) is 0 Å². The largest absolute Gasteiger partial charge is 0.0990 e. The van der Waals surface area contributed by atoms with Gasteiger partial charge in [-0.3, -0.25) is 0 Å². The Kier molecular flexibility index (Phi) is 1.42. The molecule has 0 spiro atoms. The zero-order valence-corrected chi connectivity index (χ0v) is 6.70. The van der Waals surface area contributed by atoms with Crippen LogP contribution in [0.15, 0.2) is 12.2 Å². The number of allylic oxidation sites excluding steroid dienone is 1. The number of rotatable bonds is 2. The molecule has 0 radical (unpaired) electrons. The van der Waals surface area contributed by atoms with Crippen LogP contribution in [0.1, 0.15) is 33.6 Å². The Labute approximate surface area is 58.0 Å². The van der Waals surface area contributed by atoms with Crippen LogP contribution in [0.25, 0.3) is 0 Å². The molecule has 0 heterocycles. The molecule has 1 saturated carbocycles. The highest BCUT2D eigenvalue weighted by Gasteiger charge is 2.49. The fourth-order valence-corrected chi connectivity index (χ4v) is 1.68. The lowest BCUT2D eigenvalue weighted by Crippen LogP contribution is -1.94. The van der Waals surface area contributed by atoms with E-state index in [-0.39, 0.29) is 0 Å². The van der Waals surface area contributed by atoms with E-state index in [1.54, 1.807) is 0 Å². The van der Waals surface area contributed by atoms with Crippen LogP contribution in [0.4, 0.5) is 0 Å². The van der Waals surface area contributed by atoms with Crippen molar-refractivity contribution in [3.63, 3.8) is 0 Å². The van der Waals surface area contributed by atoms with Crippen LogP contribution in [-0.2, 0) is 0 Å². The minimum absolute atomic E-state index is 0.523. The van der Waals surface area contributed by atoms with Crippen LogP contribution < -0.4 is 0 Å². The normalized spacial score (nSPS) is 41.2.